The lowest BCUT2D eigenvalue weighted by Gasteiger charge is -2.22. The Morgan fingerprint density at radius 2 is 1.75 bits per heavy atom. The van der Waals surface area contributed by atoms with Crippen molar-refractivity contribution in [3.8, 4) is 5.75 Å². The summed E-state index contributed by atoms with van der Waals surface area (Å²) < 4.78 is 6.23. The van der Waals surface area contributed by atoms with Crippen LogP contribution in [-0.4, -0.2) is 26.9 Å². The number of nitrogens with zero attached hydrogens (tertiary/aromatic N) is 3. The van der Waals surface area contributed by atoms with Crippen LogP contribution in [0, 0.1) is 17.0 Å². The average molecular weight is 552 g/mol. The molecule has 4 aromatic rings. The number of amides is 1. The van der Waals surface area contributed by atoms with Gasteiger partial charge in [0.15, 0.2) is 5.17 Å². The van der Waals surface area contributed by atoms with Gasteiger partial charge in [-0.25, -0.2) is 4.99 Å². The summed E-state index contributed by atoms with van der Waals surface area (Å²) in [4.78, 5) is 31.5. The first-order valence-electron chi connectivity index (χ1n) is 13.1. The van der Waals surface area contributed by atoms with Crippen LogP contribution in [0.15, 0.2) is 94.8 Å². The van der Waals surface area contributed by atoms with Gasteiger partial charge in [0.25, 0.3) is 11.6 Å². The largest absolute Gasteiger partial charge is 0.488 e. The molecular weight excluding hydrogens is 522 g/mol. The van der Waals surface area contributed by atoms with Crippen molar-refractivity contribution in [2.24, 2.45) is 4.99 Å². The van der Waals surface area contributed by atoms with E-state index in [0.717, 1.165) is 39.6 Å². The van der Waals surface area contributed by atoms with Crippen LogP contribution in [0.3, 0.4) is 0 Å². The normalized spacial score (nSPS) is 16.2. The zero-order valence-electron chi connectivity index (χ0n) is 22.5. The molecule has 7 nitrogen and oxygen atoms in total. The van der Waals surface area contributed by atoms with E-state index in [1.807, 2.05) is 80.6 Å². The third-order valence-corrected chi connectivity index (χ3v) is 7.86. The number of aliphatic imine (C=N–C) groups is 1. The number of fused-ring (bicyclic) bond motifs is 1. The molecule has 0 aromatic heterocycles. The highest BCUT2D eigenvalue weighted by Gasteiger charge is 2.36. The summed E-state index contributed by atoms with van der Waals surface area (Å²) in [6.07, 6.45) is 2.69. The molecule has 0 spiro atoms. The van der Waals surface area contributed by atoms with Crippen LogP contribution < -0.4 is 4.74 Å². The Balaban J connectivity index is 1.52. The molecule has 5 rings (SSSR count). The lowest BCUT2D eigenvalue weighted by atomic mass is 10.0. The number of non-ortho nitro benzene ring substituents is 1. The van der Waals surface area contributed by atoms with Crippen LogP contribution in [0.4, 0.5) is 11.4 Å². The fraction of sp³-hybridized carbons (Fsp3) is 0.188. The summed E-state index contributed by atoms with van der Waals surface area (Å²) >= 11 is 1.37. The quantitative estimate of drug-likeness (QED) is 0.126. The summed E-state index contributed by atoms with van der Waals surface area (Å²) in [6.45, 7) is 6.35. The second kappa shape index (κ2) is 11.8. The number of carbonyl (C=O) groups excluding carboxylic acids is 1. The van der Waals surface area contributed by atoms with Crippen molar-refractivity contribution in [1.29, 1.82) is 0 Å². The molecule has 1 atom stereocenters. The fourth-order valence-corrected chi connectivity index (χ4v) is 5.49. The van der Waals surface area contributed by atoms with Gasteiger partial charge in [0.05, 0.1) is 15.5 Å². The molecule has 0 N–H and O–H groups in total. The summed E-state index contributed by atoms with van der Waals surface area (Å²) in [5, 5.41) is 13.6. The van der Waals surface area contributed by atoms with Crippen molar-refractivity contribution in [1.82, 2.24) is 4.90 Å². The molecule has 0 radical (unpaired) electrons. The standard InChI is InChI=1S/C32H29N3O4S/c1-4-22(3)34-31(36)30(40-32(34)33-25-14-9-21(2)10-15-25)19-28-27-8-6-5-7-24(27)13-18-29(28)39-20-23-11-16-26(17-12-23)35(37)38/h5-19,22H,4,20H2,1-3H3/b30-19+,33-32?/t22-/m0/s1. The fourth-order valence-electron chi connectivity index (χ4n) is 4.42. The van der Waals surface area contributed by atoms with Gasteiger partial charge in [-0.1, -0.05) is 55.0 Å². The van der Waals surface area contributed by atoms with Crippen LogP contribution in [0.1, 0.15) is 37.0 Å². The van der Waals surface area contributed by atoms with Gasteiger partial charge in [-0.3, -0.25) is 19.8 Å². The van der Waals surface area contributed by atoms with Gasteiger partial charge >= 0.3 is 0 Å². The maximum atomic E-state index is 13.7. The van der Waals surface area contributed by atoms with E-state index in [9.17, 15) is 14.9 Å². The molecule has 1 amide bonds. The molecule has 202 valence electrons. The number of amidine groups is 1. The Labute approximate surface area is 237 Å². The average Bonchev–Trinajstić information content (AvgIpc) is 3.27. The van der Waals surface area contributed by atoms with Crippen molar-refractivity contribution in [2.75, 3.05) is 0 Å². The van der Waals surface area contributed by atoms with Crippen molar-refractivity contribution in [3.05, 3.63) is 117 Å². The van der Waals surface area contributed by atoms with E-state index in [4.69, 9.17) is 9.73 Å². The first-order chi connectivity index (χ1) is 19.3. The van der Waals surface area contributed by atoms with E-state index in [-0.39, 0.29) is 24.2 Å². The maximum Gasteiger partial charge on any atom is 0.269 e. The molecule has 1 fully saturated rings. The topological polar surface area (TPSA) is 85.0 Å². The zero-order chi connectivity index (χ0) is 28.2. The van der Waals surface area contributed by atoms with Gasteiger partial charge in [0.1, 0.15) is 12.4 Å². The van der Waals surface area contributed by atoms with Crippen molar-refractivity contribution in [3.63, 3.8) is 0 Å². The Hall–Kier alpha value is -4.43. The van der Waals surface area contributed by atoms with Gasteiger partial charge in [-0.05, 0) is 84.8 Å². The van der Waals surface area contributed by atoms with Crippen LogP contribution in [-0.2, 0) is 11.4 Å². The highest BCUT2D eigenvalue weighted by molar-refractivity contribution is 8.18. The van der Waals surface area contributed by atoms with Gasteiger partial charge < -0.3 is 4.74 Å². The van der Waals surface area contributed by atoms with Crippen LogP contribution >= 0.6 is 11.8 Å². The van der Waals surface area contributed by atoms with E-state index in [0.29, 0.717) is 15.8 Å². The van der Waals surface area contributed by atoms with Crippen molar-refractivity contribution in [2.45, 2.75) is 39.8 Å². The molecule has 1 aliphatic heterocycles. The van der Waals surface area contributed by atoms with Crippen LogP contribution in [0.5, 0.6) is 5.75 Å². The highest BCUT2D eigenvalue weighted by Crippen LogP contribution is 2.39. The first kappa shape index (κ1) is 27.1. The van der Waals surface area contributed by atoms with E-state index in [2.05, 4.69) is 6.92 Å². The Bertz CT molecular complexity index is 1630. The third-order valence-electron chi connectivity index (χ3n) is 6.87. The minimum atomic E-state index is -0.423. The number of nitro groups is 1. The molecular formula is C32H29N3O4S. The number of benzene rings is 4. The first-order valence-corrected chi connectivity index (χ1v) is 13.9. The number of rotatable bonds is 8. The van der Waals surface area contributed by atoms with E-state index in [1.165, 1.54) is 23.9 Å². The number of carbonyl (C=O) groups is 1. The molecule has 4 aromatic carbocycles. The summed E-state index contributed by atoms with van der Waals surface area (Å²) in [5.74, 6) is 0.538. The molecule has 0 saturated carbocycles. The summed E-state index contributed by atoms with van der Waals surface area (Å²) in [7, 11) is 0. The molecule has 1 heterocycles. The number of hydrogen-bond donors (Lipinski definition) is 0. The second-order valence-corrected chi connectivity index (χ2v) is 10.7. The molecule has 1 saturated heterocycles. The predicted octanol–water partition coefficient (Wildman–Crippen LogP) is 8.04. The van der Waals surface area contributed by atoms with Gasteiger partial charge in [-0.15, -0.1) is 0 Å². The summed E-state index contributed by atoms with van der Waals surface area (Å²) in [6, 6.07) is 26.1. The van der Waals surface area contributed by atoms with Crippen LogP contribution in [0.25, 0.3) is 16.8 Å². The number of nitro benzene ring substituents is 1. The Morgan fingerprint density at radius 3 is 2.45 bits per heavy atom. The van der Waals surface area contributed by atoms with Crippen LogP contribution in [0.2, 0.25) is 0 Å². The number of aryl methyl sites for hydroxylation is 1. The second-order valence-electron chi connectivity index (χ2n) is 9.68. The molecule has 0 unspecified atom stereocenters. The Morgan fingerprint density at radius 1 is 1.02 bits per heavy atom. The minimum Gasteiger partial charge on any atom is -0.488 e. The lowest BCUT2D eigenvalue weighted by Crippen LogP contribution is -2.36. The lowest BCUT2D eigenvalue weighted by molar-refractivity contribution is -0.384. The zero-order valence-corrected chi connectivity index (χ0v) is 23.4. The number of thioether (sulfide) groups is 1. The summed E-state index contributed by atoms with van der Waals surface area (Å²) in [5.41, 5.74) is 3.59. The number of ether oxygens (including phenoxy) is 1. The van der Waals surface area contributed by atoms with Gasteiger partial charge in [0, 0.05) is 23.7 Å². The van der Waals surface area contributed by atoms with Gasteiger partial charge in [0.2, 0.25) is 0 Å². The number of hydrogen-bond acceptors (Lipinski definition) is 6. The minimum absolute atomic E-state index is 0.0135. The molecule has 8 heteroatoms. The SMILES string of the molecule is CC[C@H](C)N1C(=O)/C(=C\c2c(OCc3ccc([N+](=O)[O-])cc3)ccc3ccccc23)SC1=Nc1ccc(C)cc1. The van der Waals surface area contributed by atoms with Gasteiger partial charge in [-0.2, -0.15) is 0 Å². The third kappa shape index (κ3) is 5.77. The van der Waals surface area contributed by atoms with E-state index in [1.54, 1.807) is 17.0 Å². The monoisotopic (exact) mass is 551 g/mol. The molecule has 0 aliphatic carbocycles. The highest BCUT2D eigenvalue weighted by atomic mass is 32.2. The molecule has 0 bridgehead atoms. The van der Waals surface area contributed by atoms with E-state index >= 15 is 0 Å². The van der Waals surface area contributed by atoms with E-state index < -0.39 is 4.92 Å². The maximum absolute atomic E-state index is 13.7. The van der Waals surface area contributed by atoms with Crippen molar-refractivity contribution < 1.29 is 14.5 Å². The smallest absolute Gasteiger partial charge is 0.269 e. The predicted molar refractivity (Wildman–Crippen MR) is 162 cm³/mol. The molecule has 40 heavy (non-hydrogen) atoms. The van der Waals surface area contributed by atoms with Crippen molar-refractivity contribution >= 4 is 51.1 Å². The Kier molecular flexibility index (Phi) is 7.98. The molecule has 1 aliphatic rings.